The Morgan fingerprint density at radius 3 is 2.47 bits per heavy atom. The Morgan fingerprint density at radius 1 is 1.03 bits per heavy atom. The number of anilines is 3. The van der Waals surface area contributed by atoms with Crippen LogP contribution in [0.5, 0.6) is 5.88 Å². The third-order valence-electron chi connectivity index (χ3n) is 4.95. The zero-order valence-electron chi connectivity index (χ0n) is 16.8. The second kappa shape index (κ2) is 8.14. The minimum atomic E-state index is -0.339. The summed E-state index contributed by atoms with van der Waals surface area (Å²) in [5, 5.41) is 8.02. The molecule has 3 heterocycles. The maximum absolute atomic E-state index is 13.0. The van der Waals surface area contributed by atoms with Gasteiger partial charge in [0.2, 0.25) is 11.8 Å². The minimum absolute atomic E-state index is 0.0639. The Labute approximate surface area is 193 Å². The van der Waals surface area contributed by atoms with Crippen LogP contribution in [0.4, 0.5) is 17.3 Å². The largest absolute Gasteiger partial charge is 0.455 e. The molecule has 4 aromatic rings. The average molecular weight is 467 g/mol. The molecule has 8 nitrogen and oxygen atoms in total. The van der Waals surface area contributed by atoms with Crippen LogP contribution in [0.1, 0.15) is 10.4 Å². The number of para-hydroxylation sites is 1. The highest BCUT2D eigenvalue weighted by Gasteiger charge is 2.31. The van der Waals surface area contributed by atoms with Crippen LogP contribution in [-0.4, -0.2) is 32.4 Å². The zero-order chi connectivity index (χ0) is 22.2. The average Bonchev–Trinajstić information content (AvgIpc) is 3.22. The van der Waals surface area contributed by atoms with Crippen molar-refractivity contribution in [3.05, 3.63) is 76.7 Å². The van der Waals surface area contributed by atoms with Gasteiger partial charge in [0.05, 0.1) is 21.9 Å². The molecule has 2 aromatic heterocycles. The number of benzene rings is 2. The van der Waals surface area contributed by atoms with E-state index < -0.39 is 0 Å². The van der Waals surface area contributed by atoms with E-state index in [1.54, 1.807) is 22.9 Å². The smallest absolute Gasteiger partial charge is 0.268 e. The van der Waals surface area contributed by atoms with Crippen molar-refractivity contribution in [1.29, 1.82) is 0 Å². The number of ether oxygens (including phenoxy) is 1. The van der Waals surface area contributed by atoms with Crippen molar-refractivity contribution in [2.24, 2.45) is 7.05 Å². The van der Waals surface area contributed by atoms with Gasteiger partial charge in [-0.15, -0.1) is 0 Å². The molecule has 0 saturated carbocycles. The number of amides is 1. The molecule has 0 bridgehead atoms. The second-order valence-electron chi connectivity index (χ2n) is 7.09. The highest BCUT2D eigenvalue weighted by atomic mass is 35.5. The molecule has 1 N–H and O–H groups in total. The van der Waals surface area contributed by atoms with E-state index in [1.165, 1.54) is 11.1 Å². The van der Waals surface area contributed by atoms with Gasteiger partial charge in [-0.3, -0.25) is 14.4 Å². The first-order valence-electron chi connectivity index (χ1n) is 9.61. The summed E-state index contributed by atoms with van der Waals surface area (Å²) in [6.07, 6.45) is 5.18. The van der Waals surface area contributed by atoms with Crippen LogP contribution in [0.25, 0.3) is 11.1 Å². The van der Waals surface area contributed by atoms with Crippen LogP contribution >= 0.6 is 23.2 Å². The summed E-state index contributed by atoms with van der Waals surface area (Å²) >= 11 is 12.5. The molecule has 2 aromatic carbocycles. The van der Waals surface area contributed by atoms with Crippen LogP contribution < -0.4 is 15.0 Å². The SMILES string of the molecule is Cn1cc(-c2ccc(Nc3ncc4c(n3)OCN(c3c(Cl)cccc3Cl)C4=O)cc2)cn1. The Hall–Kier alpha value is -3.62. The first-order valence-corrected chi connectivity index (χ1v) is 10.4. The second-order valence-corrected chi connectivity index (χ2v) is 7.91. The van der Waals surface area contributed by atoms with Crippen LogP contribution in [0.2, 0.25) is 10.0 Å². The molecule has 0 fully saturated rings. The zero-order valence-corrected chi connectivity index (χ0v) is 18.3. The number of hydrogen-bond donors (Lipinski definition) is 1. The number of aromatic nitrogens is 4. The van der Waals surface area contributed by atoms with Crippen LogP contribution in [0.3, 0.4) is 0 Å². The van der Waals surface area contributed by atoms with Crippen molar-refractivity contribution in [1.82, 2.24) is 19.7 Å². The first kappa shape index (κ1) is 20.3. The maximum atomic E-state index is 13.0. The van der Waals surface area contributed by atoms with Gasteiger partial charge in [-0.25, -0.2) is 4.98 Å². The molecule has 10 heteroatoms. The summed E-state index contributed by atoms with van der Waals surface area (Å²) in [4.78, 5) is 23.0. The van der Waals surface area contributed by atoms with Gasteiger partial charge in [0.15, 0.2) is 6.73 Å². The topological polar surface area (TPSA) is 85.2 Å². The molecular formula is C22H16Cl2N6O2. The fourth-order valence-electron chi connectivity index (χ4n) is 3.37. The van der Waals surface area contributed by atoms with E-state index in [-0.39, 0.29) is 24.1 Å². The Morgan fingerprint density at radius 2 is 1.78 bits per heavy atom. The molecule has 0 atom stereocenters. The molecule has 0 unspecified atom stereocenters. The van der Waals surface area contributed by atoms with E-state index in [0.29, 0.717) is 21.7 Å². The molecule has 0 saturated heterocycles. The third kappa shape index (κ3) is 3.74. The molecule has 5 rings (SSSR count). The summed E-state index contributed by atoms with van der Waals surface area (Å²) in [5.74, 6) is 0.169. The summed E-state index contributed by atoms with van der Waals surface area (Å²) in [6, 6.07) is 12.8. The highest BCUT2D eigenvalue weighted by molar-refractivity contribution is 6.40. The van der Waals surface area contributed by atoms with Gasteiger partial charge in [0.1, 0.15) is 5.56 Å². The Bertz CT molecular complexity index is 1300. The van der Waals surface area contributed by atoms with E-state index >= 15 is 0 Å². The fraction of sp³-hybridized carbons (Fsp3) is 0.0909. The first-order chi connectivity index (χ1) is 15.5. The van der Waals surface area contributed by atoms with E-state index in [4.69, 9.17) is 27.9 Å². The van der Waals surface area contributed by atoms with Gasteiger partial charge in [-0.2, -0.15) is 10.1 Å². The monoisotopic (exact) mass is 466 g/mol. The highest BCUT2D eigenvalue weighted by Crippen LogP contribution is 2.37. The number of rotatable bonds is 4. The molecule has 1 amide bonds. The van der Waals surface area contributed by atoms with Crippen molar-refractivity contribution >= 4 is 46.4 Å². The molecule has 160 valence electrons. The number of halogens is 2. The van der Waals surface area contributed by atoms with Crippen molar-refractivity contribution in [2.75, 3.05) is 16.9 Å². The lowest BCUT2D eigenvalue weighted by atomic mass is 10.1. The quantitative estimate of drug-likeness (QED) is 0.459. The standard InChI is InChI=1S/C22H16Cl2N6O2/c1-29-11-14(9-26-29)13-5-7-15(8-6-13)27-22-25-10-16-20(28-22)32-12-30(21(16)31)19-17(23)3-2-4-18(19)24/h2-11H,12H2,1H3,(H,25,27,28). The van der Waals surface area contributed by atoms with Gasteiger partial charge in [0, 0.05) is 30.7 Å². The van der Waals surface area contributed by atoms with Gasteiger partial charge in [-0.05, 0) is 29.8 Å². The summed E-state index contributed by atoms with van der Waals surface area (Å²) < 4.78 is 7.47. The van der Waals surface area contributed by atoms with Crippen molar-refractivity contribution in [2.45, 2.75) is 0 Å². The van der Waals surface area contributed by atoms with E-state index in [9.17, 15) is 4.79 Å². The number of carbonyl (C=O) groups is 1. The fourth-order valence-corrected chi connectivity index (χ4v) is 3.97. The predicted octanol–water partition coefficient (Wildman–Crippen LogP) is 4.92. The summed E-state index contributed by atoms with van der Waals surface area (Å²) in [7, 11) is 1.88. The van der Waals surface area contributed by atoms with Gasteiger partial charge in [-0.1, -0.05) is 41.4 Å². The normalized spacial score (nSPS) is 13.0. The molecule has 0 spiro atoms. The van der Waals surface area contributed by atoms with Crippen LogP contribution in [0.15, 0.2) is 61.1 Å². The number of nitrogens with one attached hydrogen (secondary N) is 1. The third-order valence-corrected chi connectivity index (χ3v) is 5.56. The Balaban J connectivity index is 1.35. The predicted molar refractivity (Wildman–Crippen MR) is 123 cm³/mol. The molecule has 1 aliphatic heterocycles. The lowest BCUT2D eigenvalue weighted by Gasteiger charge is -2.29. The minimum Gasteiger partial charge on any atom is -0.455 e. The lowest BCUT2D eigenvalue weighted by Crippen LogP contribution is -2.39. The van der Waals surface area contributed by atoms with Crippen molar-refractivity contribution < 1.29 is 9.53 Å². The van der Waals surface area contributed by atoms with E-state index in [2.05, 4.69) is 20.4 Å². The van der Waals surface area contributed by atoms with Crippen molar-refractivity contribution in [3.8, 4) is 17.0 Å². The maximum Gasteiger partial charge on any atom is 0.268 e. The van der Waals surface area contributed by atoms with Gasteiger partial charge >= 0.3 is 0 Å². The summed E-state index contributed by atoms with van der Waals surface area (Å²) in [5.41, 5.74) is 3.48. The van der Waals surface area contributed by atoms with Crippen LogP contribution in [-0.2, 0) is 7.05 Å². The molecule has 0 radical (unpaired) electrons. The van der Waals surface area contributed by atoms with E-state index in [1.807, 2.05) is 43.7 Å². The Kier molecular flexibility index (Phi) is 5.16. The number of fused-ring (bicyclic) bond motifs is 1. The molecule has 1 aliphatic rings. The summed E-state index contributed by atoms with van der Waals surface area (Å²) in [6.45, 7) is -0.0639. The number of nitrogens with zero attached hydrogens (tertiary/aromatic N) is 5. The molecule has 0 aliphatic carbocycles. The van der Waals surface area contributed by atoms with Gasteiger partial charge < -0.3 is 10.1 Å². The van der Waals surface area contributed by atoms with Crippen LogP contribution in [0, 0.1) is 0 Å². The molecule has 32 heavy (non-hydrogen) atoms. The van der Waals surface area contributed by atoms with Crippen molar-refractivity contribution in [3.63, 3.8) is 0 Å². The number of carbonyl (C=O) groups excluding carboxylic acids is 1. The van der Waals surface area contributed by atoms with Gasteiger partial charge in [0.25, 0.3) is 5.91 Å². The lowest BCUT2D eigenvalue weighted by molar-refractivity contribution is 0.0932. The molecular weight excluding hydrogens is 451 g/mol. The number of hydrogen-bond acceptors (Lipinski definition) is 6. The number of aryl methyl sites for hydroxylation is 1. The van der Waals surface area contributed by atoms with E-state index in [0.717, 1.165) is 16.8 Å².